The molecule has 0 aliphatic heterocycles. The van der Waals surface area contributed by atoms with Crippen LogP contribution in [0.3, 0.4) is 0 Å². The number of hydrogen-bond acceptors (Lipinski definition) is 6. The summed E-state index contributed by atoms with van der Waals surface area (Å²) in [4.78, 5) is 12.7. The molecule has 0 fully saturated rings. The van der Waals surface area contributed by atoms with E-state index in [1.807, 2.05) is 25.1 Å². The number of hydrogen-bond donors (Lipinski definition) is 3. The zero-order valence-corrected chi connectivity index (χ0v) is 15.8. The molecule has 4 rings (SSSR count). The number of anilines is 4. The Bertz CT molecular complexity index is 1240. The molecule has 2 aromatic carbocycles. The van der Waals surface area contributed by atoms with E-state index in [1.54, 1.807) is 12.1 Å². The van der Waals surface area contributed by atoms with Gasteiger partial charge in [-0.1, -0.05) is 12.1 Å². The molecule has 0 atom stereocenters. The summed E-state index contributed by atoms with van der Waals surface area (Å²) in [5.41, 5.74) is 15.0. The van der Waals surface area contributed by atoms with Crippen LogP contribution >= 0.6 is 0 Å². The van der Waals surface area contributed by atoms with E-state index in [-0.39, 0.29) is 5.95 Å². The van der Waals surface area contributed by atoms with E-state index in [0.29, 0.717) is 28.5 Å². The van der Waals surface area contributed by atoms with Gasteiger partial charge in [0.05, 0.1) is 16.8 Å². The van der Waals surface area contributed by atoms with Crippen LogP contribution in [0.4, 0.5) is 36.3 Å². The van der Waals surface area contributed by atoms with Gasteiger partial charge in [0.1, 0.15) is 5.82 Å². The number of benzene rings is 2. The normalized spacial score (nSPS) is 11.6. The molecule has 4 aromatic rings. The first kappa shape index (κ1) is 19.4. The summed E-state index contributed by atoms with van der Waals surface area (Å²) >= 11 is 0. The van der Waals surface area contributed by atoms with Crippen molar-refractivity contribution in [1.29, 1.82) is 0 Å². The molecular formula is C21H17F3N6. The summed E-state index contributed by atoms with van der Waals surface area (Å²) in [6.07, 6.45) is -4.40. The number of rotatable bonds is 3. The molecule has 0 bridgehead atoms. The number of nitrogen functional groups attached to an aromatic ring is 2. The second-order valence-corrected chi connectivity index (χ2v) is 6.78. The van der Waals surface area contributed by atoms with Crippen LogP contribution in [-0.4, -0.2) is 15.0 Å². The van der Waals surface area contributed by atoms with Gasteiger partial charge in [0.25, 0.3) is 0 Å². The van der Waals surface area contributed by atoms with Gasteiger partial charge < -0.3 is 16.8 Å². The first-order valence-electron chi connectivity index (χ1n) is 8.95. The van der Waals surface area contributed by atoms with Crippen molar-refractivity contribution in [2.75, 3.05) is 16.8 Å². The lowest BCUT2D eigenvalue weighted by molar-refractivity contribution is -0.137. The van der Waals surface area contributed by atoms with Crippen molar-refractivity contribution in [2.24, 2.45) is 0 Å². The maximum Gasteiger partial charge on any atom is 0.416 e. The predicted octanol–water partition coefficient (Wildman–Crippen LogP) is 4.93. The Morgan fingerprint density at radius 1 is 0.867 bits per heavy atom. The lowest BCUT2D eigenvalue weighted by atomic mass is 10.1. The van der Waals surface area contributed by atoms with Crippen LogP contribution in [0, 0.1) is 6.92 Å². The molecule has 0 saturated heterocycles. The number of pyridine rings is 1. The minimum absolute atomic E-state index is 0.00695. The van der Waals surface area contributed by atoms with Crippen molar-refractivity contribution < 1.29 is 13.2 Å². The highest BCUT2D eigenvalue weighted by atomic mass is 19.4. The number of alkyl halides is 3. The Morgan fingerprint density at radius 3 is 2.30 bits per heavy atom. The number of aryl methyl sites for hydroxylation is 1. The molecule has 152 valence electrons. The Kier molecular flexibility index (Phi) is 4.65. The largest absolute Gasteiger partial charge is 0.416 e. The molecule has 5 N–H and O–H groups in total. The van der Waals surface area contributed by atoms with E-state index in [0.717, 1.165) is 28.7 Å². The fraction of sp³-hybridized carbons (Fsp3) is 0.0952. The van der Waals surface area contributed by atoms with Crippen LogP contribution in [0.25, 0.3) is 22.2 Å². The monoisotopic (exact) mass is 410 g/mol. The van der Waals surface area contributed by atoms with E-state index in [1.165, 1.54) is 12.1 Å². The number of fused-ring (bicyclic) bond motifs is 1. The summed E-state index contributed by atoms with van der Waals surface area (Å²) in [5, 5.41) is 3.92. The van der Waals surface area contributed by atoms with Crippen molar-refractivity contribution in [3.63, 3.8) is 0 Å². The number of nitrogens with one attached hydrogen (secondary N) is 1. The fourth-order valence-corrected chi connectivity index (χ4v) is 3.12. The Labute approximate surface area is 169 Å². The highest BCUT2D eigenvalue weighted by molar-refractivity contribution is 5.93. The maximum absolute atomic E-state index is 12.8. The Balaban J connectivity index is 1.66. The molecule has 2 aromatic heterocycles. The van der Waals surface area contributed by atoms with E-state index in [9.17, 15) is 13.2 Å². The number of aromatic nitrogens is 3. The first-order valence-corrected chi connectivity index (χ1v) is 8.95. The van der Waals surface area contributed by atoms with Crippen LogP contribution in [0.5, 0.6) is 0 Å². The quantitative estimate of drug-likeness (QED) is 0.443. The Morgan fingerprint density at radius 2 is 1.60 bits per heavy atom. The summed E-state index contributed by atoms with van der Waals surface area (Å²) in [5.74, 6) is 0.392. The van der Waals surface area contributed by atoms with Crippen molar-refractivity contribution in [2.45, 2.75) is 13.1 Å². The van der Waals surface area contributed by atoms with E-state index >= 15 is 0 Å². The molecule has 9 heteroatoms. The third kappa shape index (κ3) is 3.95. The Hall–Kier alpha value is -3.88. The zero-order chi connectivity index (χ0) is 21.5. The van der Waals surface area contributed by atoms with Gasteiger partial charge >= 0.3 is 6.18 Å². The molecule has 0 aliphatic rings. The minimum atomic E-state index is -4.40. The van der Waals surface area contributed by atoms with Crippen molar-refractivity contribution in [1.82, 2.24) is 15.0 Å². The van der Waals surface area contributed by atoms with Crippen LogP contribution in [-0.2, 0) is 6.18 Å². The maximum atomic E-state index is 12.8. The first-order chi connectivity index (χ1) is 14.2. The number of halogens is 3. The van der Waals surface area contributed by atoms with Gasteiger partial charge in [-0.2, -0.15) is 18.2 Å². The van der Waals surface area contributed by atoms with Crippen molar-refractivity contribution >= 4 is 34.0 Å². The van der Waals surface area contributed by atoms with E-state index in [4.69, 9.17) is 11.5 Å². The van der Waals surface area contributed by atoms with E-state index < -0.39 is 11.7 Å². The van der Waals surface area contributed by atoms with Crippen LogP contribution < -0.4 is 16.8 Å². The third-order valence-electron chi connectivity index (χ3n) is 4.49. The van der Waals surface area contributed by atoms with Gasteiger partial charge in [-0.05, 0) is 43.3 Å². The van der Waals surface area contributed by atoms with E-state index in [2.05, 4.69) is 20.3 Å². The second-order valence-electron chi connectivity index (χ2n) is 6.78. The van der Waals surface area contributed by atoms with Crippen molar-refractivity contribution in [3.8, 4) is 11.3 Å². The molecule has 0 spiro atoms. The van der Waals surface area contributed by atoms with Crippen molar-refractivity contribution in [3.05, 3.63) is 65.9 Å². The smallest absolute Gasteiger partial charge is 0.398 e. The number of nitrogens with two attached hydrogens (primary N) is 2. The average Bonchev–Trinajstić information content (AvgIpc) is 2.67. The molecule has 2 heterocycles. The van der Waals surface area contributed by atoms with Crippen LogP contribution in [0.15, 0.2) is 54.6 Å². The molecule has 30 heavy (non-hydrogen) atoms. The fourth-order valence-electron chi connectivity index (χ4n) is 3.12. The molecular weight excluding hydrogens is 393 g/mol. The van der Waals surface area contributed by atoms with Crippen LogP contribution in [0.2, 0.25) is 0 Å². The molecule has 0 unspecified atom stereocenters. The van der Waals surface area contributed by atoms with Gasteiger partial charge in [-0.15, -0.1) is 0 Å². The second kappa shape index (κ2) is 7.18. The average molecular weight is 410 g/mol. The number of nitrogens with zero attached hydrogens (tertiary/aromatic N) is 3. The minimum Gasteiger partial charge on any atom is -0.398 e. The highest BCUT2D eigenvalue weighted by Gasteiger charge is 2.30. The lowest BCUT2D eigenvalue weighted by Crippen LogP contribution is -2.04. The molecule has 0 amide bonds. The standard InChI is InChI=1S/C21H17F3N6/c1-11-8-16(25)15-9-14(6-7-17(15)27-11)28-19-10-18(29-20(26)30-19)12-2-4-13(5-3-12)21(22,23)24/h2-10H,1H3,(H2,25,27)(H3,26,28,29,30). The van der Waals surface area contributed by atoms with Gasteiger partial charge in [0, 0.05) is 34.1 Å². The van der Waals surface area contributed by atoms with Gasteiger partial charge in [0.15, 0.2) is 0 Å². The van der Waals surface area contributed by atoms with Crippen LogP contribution in [0.1, 0.15) is 11.3 Å². The topological polar surface area (TPSA) is 103 Å². The SMILES string of the molecule is Cc1cc(N)c2cc(Nc3cc(-c4ccc(C(F)(F)F)cc4)nc(N)n3)ccc2n1. The summed E-state index contributed by atoms with van der Waals surface area (Å²) in [6.45, 7) is 1.87. The highest BCUT2D eigenvalue weighted by Crippen LogP contribution is 2.31. The lowest BCUT2D eigenvalue weighted by Gasteiger charge is -2.11. The molecule has 0 saturated carbocycles. The molecule has 0 radical (unpaired) electrons. The summed E-state index contributed by atoms with van der Waals surface area (Å²) < 4.78 is 38.4. The third-order valence-corrected chi connectivity index (χ3v) is 4.49. The zero-order valence-electron chi connectivity index (χ0n) is 15.8. The van der Waals surface area contributed by atoms with Gasteiger partial charge in [0.2, 0.25) is 5.95 Å². The predicted molar refractivity (Wildman–Crippen MR) is 111 cm³/mol. The van der Waals surface area contributed by atoms with Gasteiger partial charge in [-0.3, -0.25) is 4.98 Å². The molecule has 6 nitrogen and oxygen atoms in total. The molecule has 0 aliphatic carbocycles. The summed E-state index contributed by atoms with van der Waals surface area (Å²) in [6, 6.07) is 13.6. The summed E-state index contributed by atoms with van der Waals surface area (Å²) in [7, 11) is 0. The van der Waals surface area contributed by atoms with Gasteiger partial charge in [-0.25, -0.2) is 4.98 Å².